The highest BCUT2D eigenvalue weighted by molar-refractivity contribution is 8.59. The second-order valence-electron chi connectivity index (χ2n) is 6.94. The second-order valence-corrected chi connectivity index (χ2v) is 12.1. The van der Waals surface area contributed by atoms with Gasteiger partial charge >= 0.3 is 0 Å². The van der Waals surface area contributed by atoms with Crippen LogP contribution in [-0.4, -0.2) is 16.5 Å². The van der Waals surface area contributed by atoms with Crippen LogP contribution in [0, 0.1) is 0 Å². The third kappa shape index (κ3) is 26.1. The van der Waals surface area contributed by atoms with Crippen LogP contribution in [0.25, 0.3) is 0 Å². The van der Waals surface area contributed by atoms with Gasteiger partial charge in [0.25, 0.3) is 0 Å². The number of thiol groups is 1. The maximum absolute atomic E-state index is 9.19. The first kappa shape index (κ1) is 27.1. The molecule has 1 unspecified atom stereocenters. The van der Waals surface area contributed by atoms with Crippen molar-refractivity contribution in [2.24, 2.45) is 0 Å². The Kier molecular flexibility index (Phi) is 20.8. The Morgan fingerprint density at radius 1 is 0.778 bits per heavy atom. The molecule has 0 aliphatic heterocycles. The van der Waals surface area contributed by atoms with Crippen molar-refractivity contribution in [3.8, 4) is 0 Å². The fraction of sp³-hybridized carbons (Fsp3) is 0.762. The lowest BCUT2D eigenvalue weighted by atomic mass is 10.0. The third-order valence-electron chi connectivity index (χ3n) is 4.32. The van der Waals surface area contributed by atoms with Gasteiger partial charge in [0.05, 0.1) is 6.61 Å². The van der Waals surface area contributed by atoms with Crippen molar-refractivity contribution in [2.45, 2.75) is 96.8 Å². The van der Waals surface area contributed by atoms with Crippen molar-refractivity contribution in [3.05, 3.63) is 30.6 Å². The summed E-state index contributed by atoms with van der Waals surface area (Å²) < 4.78 is 5.08. The van der Waals surface area contributed by atoms with Crippen LogP contribution < -0.4 is 0 Å². The van der Waals surface area contributed by atoms with E-state index in [1.807, 2.05) is 18.2 Å². The monoisotopic (exact) mass is 433 g/mol. The van der Waals surface area contributed by atoms with E-state index in [1.54, 1.807) is 12.4 Å². The SMILES string of the molecule is CCCCCCCCCCCCCCCCOP(O)(=S)S.c1ccncc1. The summed E-state index contributed by atoms with van der Waals surface area (Å²) in [5.74, 6) is 0. The van der Waals surface area contributed by atoms with E-state index in [0.717, 1.165) is 6.42 Å². The Morgan fingerprint density at radius 2 is 1.19 bits per heavy atom. The van der Waals surface area contributed by atoms with Crippen LogP contribution in [0.5, 0.6) is 0 Å². The average Bonchev–Trinajstić information content (AvgIpc) is 2.66. The molecule has 1 heterocycles. The summed E-state index contributed by atoms with van der Waals surface area (Å²) >= 11 is 8.53. The molecule has 0 aliphatic carbocycles. The van der Waals surface area contributed by atoms with Gasteiger partial charge in [0, 0.05) is 12.4 Å². The van der Waals surface area contributed by atoms with Gasteiger partial charge < -0.3 is 9.42 Å². The molecule has 1 N–H and O–H groups in total. The molecule has 27 heavy (non-hydrogen) atoms. The average molecular weight is 434 g/mol. The standard InChI is InChI=1S/C16H35O2PS2.C5H5N/c1-2-3-4-5-6-7-8-9-10-11-12-13-14-15-16-18-19(17,20)21;1-2-4-6-5-3-1/h2-16H2,1H3,(H2,17,20,21);1-5H. The van der Waals surface area contributed by atoms with Gasteiger partial charge in [-0.25, -0.2) is 0 Å². The van der Waals surface area contributed by atoms with Crippen LogP contribution in [-0.2, 0) is 16.3 Å². The van der Waals surface area contributed by atoms with Crippen LogP contribution in [0.2, 0.25) is 0 Å². The highest BCUT2D eigenvalue weighted by Gasteiger charge is 2.04. The zero-order valence-electron chi connectivity index (χ0n) is 17.1. The fourth-order valence-corrected chi connectivity index (χ4v) is 3.63. The molecule has 0 fully saturated rings. The van der Waals surface area contributed by atoms with Crippen molar-refractivity contribution < 1.29 is 9.42 Å². The molecule has 1 atom stereocenters. The van der Waals surface area contributed by atoms with Gasteiger partial charge in [-0.2, -0.15) is 0 Å². The Morgan fingerprint density at radius 3 is 1.48 bits per heavy atom. The molecule has 0 saturated heterocycles. The number of nitrogens with zero attached hydrogens (tertiary/aromatic N) is 1. The van der Waals surface area contributed by atoms with E-state index in [0.29, 0.717) is 6.61 Å². The normalized spacial score (nSPS) is 12.9. The predicted molar refractivity (Wildman–Crippen MR) is 126 cm³/mol. The molecule has 0 saturated carbocycles. The van der Waals surface area contributed by atoms with Crippen LogP contribution in [0.3, 0.4) is 0 Å². The summed E-state index contributed by atoms with van der Waals surface area (Å²) in [6.45, 7) is 2.82. The van der Waals surface area contributed by atoms with Crippen LogP contribution >= 0.6 is 17.9 Å². The number of hydrogen-bond donors (Lipinski definition) is 2. The zero-order chi connectivity index (χ0) is 20.1. The van der Waals surface area contributed by atoms with E-state index in [-0.39, 0.29) is 0 Å². The maximum atomic E-state index is 9.19. The van der Waals surface area contributed by atoms with Gasteiger partial charge in [-0.3, -0.25) is 4.98 Å². The maximum Gasteiger partial charge on any atom is 0.241 e. The number of pyridine rings is 1. The van der Waals surface area contributed by atoms with Gasteiger partial charge in [-0.1, -0.05) is 109 Å². The molecular weight excluding hydrogens is 393 g/mol. The topological polar surface area (TPSA) is 42.4 Å². The molecule has 3 nitrogen and oxygen atoms in total. The van der Waals surface area contributed by atoms with E-state index >= 15 is 0 Å². The van der Waals surface area contributed by atoms with Crippen molar-refractivity contribution in [3.63, 3.8) is 0 Å². The van der Waals surface area contributed by atoms with E-state index in [1.165, 1.54) is 83.5 Å². The Labute approximate surface area is 178 Å². The van der Waals surface area contributed by atoms with Gasteiger partial charge in [-0.15, -0.1) is 0 Å². The number of hydrogen-bond acceptors (Lipinski definition) is 3. The lowest BCUT2D eigenvalue weighted by Gasteiger charge is -2.08. The summed E-state index contributed by atoms with van der Waals surface area (Å²) in [6.07, 6.45) is 22.3. The molecule has 0 radical (unpaired) electrons. The van der Waals surface area contributed by atoms with Gasteiger partial charge in [0.2, 0.25) is 5.69 Å². The van der Waals surface area contributed by atoms with Crippen molar-refractivity contribution in [2.75, 3.05) is 6.61 Å². The summed E-state index contributed by atoms with van der Waals surface area (Å²) in [6, 6.07) is 5.72. The van der Waals surface area contributed by atoms with Crippen LogP contribution in [0.15, 0.2) is 30.6 Å². The summed E-state index contributed by atoms with van der Waals surface area (Å²) in [4.78, 5) is 13.0. The summed E-state index contributed by atoms with van der Waals surface area (Å²) in [7, 11) is 0. The number of aromatic nitrogens is 1. The Balaban J connectivity index is 0.000000941. The minimum Gasteiger partial charge on any atom is -0.338 e. The van der Waals surface area contributed by atoms with Crippen molar-refractivity contribution >= 4 is 29.7 Å². The zero-order valence-corrected chi connectivity index (χ0v) is 19.7. The third-order valence-corrected chi connectivity index (χ3v) is 5.51. The van der Waals surface area contributed by atoms with Crippen LogP contribution in [0.1, 0.15) is 96.8 Å². The van der Waals surface area contributed by atoms with E-state index in [9.17, 15) is 4.89 Å². The highest BCUT2D eigenvalue weighted by Crippen LogP contribution is 2.47. The first-order valence-corrected chi connectivity index (χ1v) is 14.4. The Bertz CT molecular complexity index is 416. The first-order valence-electron chi connectivity index (χ1n) is 10.6. The molecule has 0 amide bonds. The van der Waals surface area contributed by atoms with Crippen molar-refractivity contribution in [1.82, 2.24) is 4.98 Å². The minimum absolute atomic E-state index is 0.551. The molecule has 158 valence electrons. The van der Waals surface area contributed by atoms with Gasteiger partial charge in [0.1, 0.15) is 0 Å². The quantitative estimate of drug-likeness (QED) is 0.159. The molecule has 1 aromatic rings. The lowest BCUT2D eigenvalue weighted by molar-refractivity contribution is 0.307. The summed E-state index contributed by atoms with van der Waals surface area (Å²) in [5, 5.41) is 0. The van der Waals surface area contributed by atoms with E-state index in [2.05, 4.69) is 24.2 Å². The van der Waals surface area contributed by atoms with Crippen molar-refractivity contribution in [1.29, 1.82) is 0 Å². The molecule has 0 bridgehead atoms. The largest absolute Gasteiger partial charge is 0.338 e. The molecule has 0 aliphatic rings. The first-order chi connectivity index (χ1) is 13.1. The predicted octanol–water partition coefficient (Wildman–Crippen LogP) is 7.71. The minimum atomic E-state index is -2.72. The molecule has 6 heteroatoms. The van der Waals surface area contributed by atoms with E-state index < -0.39 is 5.69 Å². The molecule has 0 aromatic carbocycles. The molecule has 1 rings (SSSR count). The summed E-state index contributed by atoms with van der Waals surface area (Å²) in [5.41, 5.74) is -2.72. The number of rotatable bonds is 16. The van der Waals surface area contributed by atoms with E-state index in [4.69, 9.17) is 16.3 Å². The smallest absolute Gasteiger partial charge is 0.241 e. The second kappa shape index (κ2) is 20.8. The molecule has 1 aromatic heterocycles. The van der Waals surface area contributed by atoms with Gasteiger partial charge in [-0.05, 0) is 30.4 Å². The fourth-order valence-electron chi connectivity index (χ4n) is 2.79. The lowest BCUT2D eigenvalue weighted by Crippen LogP contribution is -1.89. The molecule has 0 spiro atoms. The Hall–Kier alpha value is 0.0700. The van der Waals surface area contributed by atoms with Crippen LogP contribution in [0.4, 0.5) is 0 Å². The highest BCUT2D eigenvalue weighted by atomic mass is 32.9. The number of unbranched alkanes of at least 4 members (excludes halogenated alkanes) is 13. The molecular formula is C21H40NO2PS2. The van der Waals surface area contributed by atoms with Gasteiger partial charge in [0.15, 0.2) is 0 Å².